The van der Waals surface area contributed by atoms with Crippen LogP contribution in [0.5, 0.6) is 0 Å². The molecule has 0 spiro atoms. The number of hydrogen-bond donors (Lipinski definition) is 1. The minimum atomic E-state index is -0.0473. The first-order valence-electron chi connectivity index (χ1n) is 9.04. The monoisotopic (exact) mass is 325 g/mol. The second-order valence-corrected chi connectivity index (χ2v) is 6.62. The lowest BCUT2D eigenvalue weighted by atomic mass is 9.88. The molecule has 1 heterocycles. The molecule has 0 aromatic carbocycles. The Morgan fingerprint density at radius 3 is 2.39 bits per heavy atom. The Morgan fingerprint density at radius 1 is 1.09 bits per heavy atom. The van der Waals surface area contributed by atoms with Gasteiger partial charge >= 0.3 is 6.03 Å². The van der Waals surface area contributed by atoms with Gasteiger partial charge in [0.2, 0.25) is 5.91 Å². The number of rotatable bonds is 5. The summed E-state index contributed by atoms with van der Waals surface area (Å²) in [6.07, 6.45) is 5.83. The molecule has 132 valence electrons. The molecule has 1 N–H and O–H groups in total. The van der Waals surface area contributed by atoms with E-state index in [2.05, 4.69) is 12.2 Å². The highest BCUT2D eigenvalue weighted by molar-refractivity contribution is 5.77. The van der Waals surface area contributed by atoms with Crippen LogP contribution in [-0.2, 0) is 9.53 Å². The molecule has 2 aliphatic rings. The number of nitrogens with one attached hydrogen (secondary N) is 1. The average Bonchev–Trinajstić information content (AvgIpc) is 2.59. The summed E-state index contributed by atoms with van der Waals surface area (Å²) in [6.45, 7) is 7.74. The van der Waals surface area contributed by atoms with Crippen molar-refractivity contribution in [1.82, 2.24) is 15.1 Å². The van der Waals surface area contributed by atoms with Crippen LogP contribution in [0.4, 0.5) is 4.79 Å². The van der Waals surface area contributed by atoms with Crippen molar-refractivity contribution in [3.63, 3.8) is 0 Å². The van der Waals surface area contributed by atoms with Crippen molar-refractivity contribution in [2.75, 3.05) is 39.3 Å². The van der Waals surface area contributed by atoms with Crippen molar-refractivity contribution in [2.45, 2.75) is 52.1 Å². The second-order valence-electron chi connectivity index (χ2n) is 6.62. The van der Waals surface area contributed by atoms with Gasteiger partial charge in [0.05, 0.1) is 12.7 Å². The Bertz CT molecular complexity index is 395. The fourth-order valence-corrected chi connectivity index (χ4v) is 3.39. The van der Waals surface area contributed by atoms with Crippen molar-refractivity contribution in [2.24, 2.45) is 5.92 Å². The lowest BCUT2D eigenvalue weighted by Gasteiger charge is -2.34. The minimum absolute atomic E-state index is 0.0473. The first-order chi connectivity index (χ1) is 11.1. The first-order valence-corrected chi connectivity index (χ1v) is 9.04. The summed E-state index contributed by atoms with van der Waals surface area (Å²) in [5.41, 5.74) is 0. The normalized spacial score (nSPS) is 25.3. The molecule has 23 heavy (non-hydrogen) atoms. The Hall–Kier alpha value is -1.30. The fourth-order valence-electron chi connectivity index (χ4n) is 3.39. The molecule has 6 nitrogen and oxygen atoms in total. The highest BCUT2D eigenvalue weighted by Crippen LogP contribution is 2.25. The average molecular weight is 325 g/mol. The third-order valence-electron chi connectivity index (χ3n) is 4.97. The Labute approximate surface area is 139 Å². The maximum Gasteiger partial charge on any atom is 0.317 e. The third-order valence-corrected chi connectivity index (χ3v) is 4.97. The van der Waals surface area contributed by atoms with E-state index in [1.165, 1.54) is 19.3 Å². The zero-order valence-electron chi connectivity index (χ0n) is 14.6. The van der Waals surface area contributed by atoms with E-state index in [0.29, 0.717) is 57.8 Å². The van der Waals surface area contributed by atoms with Gasteiger partial charge in [-0.1, -0.05) is 26.7 Å². The summed E-state index contributed by atoms with van der Waals surface area (Å²) >= 11 is 0. The minimum Gasteiger partial charge on any atom is -0.376 e. The molecule has 1 saturated carbocycles. The van der Waals surface area contributed by atoms with E-state index in [0.717, 1.165) is 6.42 Å². The molecule has 0 aromatic heterocycles. The summed E-state index contributed by atoms with van der Waals surface area (Å²) in [5, 5.41) is 2.92. The van der Waals surface area contributed by atoms with Crippen LogP contribution in [0.3, 0.4) is 0 Å². The van der Waals surface area contributed by atoms with Crippen LogP contribution >= 0.6 is 0 Å². The van der Waals surface area contributed by atoms with E-state index in [1.54, 1.807) is 4.90 Å². The van der Waals surface area contributed by atoms with Gasteiger partial charge in [-0.25, -0.2) is 4.79 Å². The number of piperazine rings is 1. The summed E-state index contributed by atoms with van der Waals surface area (Å²) in [4.78, 5) is 27.3. The van der Waals surface area contributed by atoms with E-state index >= 15 is 0 Å². The standard InChI is InChI=1S/C17H31N3O3/c1-3-16(21)19-9-11-20(12-10-19)17(22)18-8-13-23-15-7-5-4-6-14(15)2/h14-15H,3-13H2,1-2H3,(H,18,22)/t14-,15+/m0/s1. The summed E-state index contributed by atoms with van der Waals surface area (Å²) in [6, 6.07) is -0.0473. The van der Waals surface area contributed by atoms with E-state index in [1.807, 2.05) is 11.8 Å². The van der Waals surface area contributed by atoms with E-state index < -0.39 is 0 Å². The molecule has 2 atom stereocenters. The second kappa shape index (κ2) is 9.11. The lowest BCUT2D eigenvalue weighted by Crippen LogP contribution is -2.53. The van der Waals surface area contributed by atoms with Crippen LogP contribution in [-0.4, -0.2) is 67.2 Å². The maximum absolute atomic E-state index is 12.1. The largest absolute Gasteiger partial charge is 0.376 e. The predicted octanol–water partition coefficient (Wildman–Crippen LogP) is 1.85. The summed E-state index contributed by atoms with van der Waals surface area (Å²) < 4.78 is 5.91. The van der Waals surface area contributed by atoms with Crippen LogP contribution in [0.25, 0.3) is 0 Å². The van der Waals surface area contributed by atoms with Crippen molar-refractivity contribution in [1.29, 1.82) is 0 Å². The highest BCUT2D eigenvalue weighted by atomic mass is 16.5. The molecular weight excluding hydrogens is 294 g/mol. The van der Waals surface area contributed by atoms with Crippen molar-refractivity contribution < 1.29 is 14.3 Å². The van der Waals surface area contributed by atoms with Gasteiger partial charge in [0.25, 0.3) is 0 Å². The van der Waals surface area contributed by atoms with Gasteiger partial charge in [-0.15, -0.1) is 0 Å². The Balaban J connectivity index is 1.59. The first kappa shape index (κ1) is 18.0. The fraction of sp³-hybridized carbons (Fsp3) is 0.882. The van der Waals surface area contributed by atoms with Crippen molar-refractivity contribution >= 4 is 11.9 Å². The number of carbonyl (C=O) groups is 2. The van der Waals surface area contributed by atoms with Gasteiger partial charge in [-0.2, -0.15) is 0 Å². The van der Waals surface area contributed by atoms with Gasteiger partial charge < -0.3 is 19.9 Å². The Kier molecular flexibility index (Phi) is 7.15. The van der Waals surface area contributed by atoms with Crippen LogP contribution < -0.4 is 5.32 Å². The maximum atomic E-state index is 12.1. The van der Waals surface area contributed by atoms with Crippen molar-refractivity contribution in [3.05, 3.63) is 0 Å². The van der Waals surface area contributed by atoms with Gasteiger partial charge in [-0.05, 0) is 18.8 Å². The number of nitrogens with zero attached hydrogens (tertiary/aromatic N) is 2. The molecular formula is C17H31N3O3. The van der Waals surface area contributed by atoms with Crippen LogP contribution in [0, 0.1) is 5.92 Å². The smallest absolute Gasteiger partial charge is 0.317 e. The number of amides is 3. The van der Waals surface area contributed by atoms with Gasteiger partial charge in [0.1, 0.15) is 0 Å². The lowest BCUT2D eigenvalue weighted by molar-refractivity contribution is -0.132. The number of ether oxygens (including phenoxy) is 1. The Morgan fingerprint density at radius 2 is 1.74 bits per heavy atom. The third kappa shape index (κ3) is 5.37. The predicted molar refractivity (Wildman–Crippen MR) is 89.2 cm³/mol. The zero-order valence-corrected chi connectivity index (χ0v) is 14.6. The molecule has 2 fully saturated rings. The van der Waals surface area contributed by atoms with Gasteiger partial charge in [-0.3, -0.25) is 4.79 Å². The molecule has 0 bridgehead atoms. The zero-order chi connectivity index (χ0) is 16.7. The quantitative estimate of drug-likeness (QED) is 0.785. The van der Waals surface area contributed by atoms with E-state index in [4.69, 9.17) is 4.74 Å². The molecule has 1 aliphatic carbocycles. The van der Waals surface area contributed by atoms with Crippen LogP contribution in [0.15, 0.2) is 0 Å². The molecule has 0 radical (unpaired) electrons. The molecule has 0 aromatic rings. The molecule has 6 heteroatoms. The number of urea groups is 1. The molecule has 1 aliphatic heterocycles. The van der Waals surface area contributed by atoms with Crippen LogP contribution in [0.2, 0.25) is 0 Å². The van der Waals surface area contributed by atoms with Gasteiger partial charge in [0, 0.05) is 39.1 Å². The van der Waals surface area contributed by atoms with Gasteiger partial charge in [0.15, 0.2) is 0 Å². The molecule has 3 amide bonds. The summed E-state index contributed by atoms with van der Waals surface area (Å²) in [7, 11) is 0. The van der Waals surface area contributed by atoms with E-state index in [9.17, 15) is 9.59 Å². The van der Waals surface area contributed by atoms with Crippen LogP contribution in [0.1, 0.15) is 46.0 Å². The molecule has 0 unspecified atom stereocenters. The number of hydrogen-bond acceptors (Lipinski definition) is 3. The summed E-state index contributed by atoms with van der Waals surface area (Å²) in [5.74, 6) is 0.795. The topological polar surface area (TPSA) is 61.9 Å². The van der Waals surface area contributed by atoms with Crippen molar-refractivity contribution in [3.8, 4) is 0 Å². The number of carbonyl (C=O) groups excluding carboxylic acids is 2. The van der Waals surface area contributed by atoms with E-state index in [-0.39, 0.29) is 11.9 Å². The SMILES string of the molecule is CCC(=O)N1CCN(C(=O)NCCO[C@@H]2CCCC[C@@H]2C)CC1. The highest BCUT2D eigenvalue weighted by Gasteiger charge is 2.24. The molecule has 1 saturated heterocycles. The molecule has 2 rings (SSSR count).